The number of aromatic amines is 1. The first-order chi connectivity index (χ1) is 14.2. The number of nitrogens with one attached hydrogen (secondary N) is 1. The Labute approximate surface area is 169 Å². The lowest BCUT2D eigenvalue weighted by molar-refractivity contribution is 0.122. The van der Waals surface area contributed by atoms with Crippen LogP contribution in [-0.4, -0.2) is 66.4 Å². The van der Waals surface area contributed by atoms with Crippen LogP contribution in [0.4, 0.5) is 11.9 Å². The normalized spacial score (nSPS) is 24.0. The number of piperidine rings is 1. The summed E-state index contributed by atoms with van der Waals surface area (Å²) in [6, 6.07) is 0. The van der Waals surface area contributed by atoms with Gasteiger partial charge in [0.05, 0.1) is 38.4 Å². The summed E-state index contributed by atoms with van der Waals surface area (Å²) in [5.74, 6) is 2.03. The monoisotopic (exact) mass is 398 g/mol. The molecular formula is C20H26N6O3. The second-order valence-corrected chi connectivity index (χ2v) is 8.04. The Bertz CT molecular complexity index is 940. The highest BCUT2D eigenvalue weighted by atomic mass is 16.5. The van der Waals surface area contributed by atoms with Gasteiger partial charge in [0.15, 0.2) is 5.75 Å². The van der Waals surface area contributed by atoms with Gasteiger partial charge >= 0.3 is 0 Å². The molecule has 2 aromatic rings. The van der Waals surface area contributed by atoms with E-state index in [0.29, 0.717) is 30.9 Å². The molecule has 1 aliphatic carbocycles. The standard InChI is InChI=1S/C20H26N6O3/c1-28-14-11-21-18(22-12-14)26-6-2-4-20(13-26)5-3-15-16(20)23-19(24-17(15)27)25-7-9-29-10-8-25/h11-12H,2-10,13H2,1H3,(H,23,24,27). The molecule has 1 spiro atoms. The number of hydrogen-bond donors (Lipinski definition) is 1. The van der Waals surface area contributed by atoms with E-state index >= 15 is 0 Å². The number of nitrogens with zero attached hydrogens (tertiary/aromatic N) is 5. The maximum absolute atomic E-state index is 12.8. The number of morpholine rings is 1. The van der Waals surface area contributed by atoms with Gasteiger partial charge in [-0.3, -0.25) is 9.78 Å². The summed E-state index contributed by atoms with van der Waals surface area (Å²) in [6.45, 7) is 4.51. The molecule has 9 heteroatoms. The van der Waals surface area contributed by atoms with Crippen LogP contribution in [0.25, 0.3) is 0 Å². The summed E-state index contributed by atoms with van der Waals surface area (Å²) in [4.78, 5) is 34.1. The molecule has 9 nitrogen and oxygen atoms in total. The molecule has 29 heavy (non-hydrogen) atoms. The van der Waals surface area contributed by atoms with Gasteiger partial charge in [0.1, 0.15) is 0 Å². The van der Waals surface area contributed by atoms with Gasteiger partial charge in [0, 0.05) is 37.2 Å². The Morgan fingerprint density at radius 1 is 1.14 bits per heavy atom. The van der Waals surface area contributed by atoms with Crippen LogP contribution in [0.2, 0.25) is 0 Å². The molecule has 0 amide bonds. The number of fused-ring (bicyclic) bond motifs is 2. The van der Waals surface area contributed by atoms with E-state index in [0.717, 1.165) is 63.1 Å². The van der Waals surface area contributed by atoms with Gasteiger partial charge in [-0.05, 0) is 25.7 Å². The number of H-pyrrole nitrogens is 1. The first kappa shape index (κ1) is 18.4. The fourth-order valence-electron chi connectivity index (χ4n) is 4.84. The van der Waals surface area contributed by atoms with Gasteiger partial charge in [-0.15, -0.1) is 0 Å². The van der Waals surface area contributed by atoms with Crippen molar-refractivity contribution in [2.75, 3.05) is 56.3 Å². The number of rotatable bonds is 3. The molecule has 0 bridgehead atoms. The second kappa shape index (κ2) is 7.29. The SMILES string of the molecule is COc1cnc(N2CCCC3(CCc4c3nc(N3CCOCC3)[nH]c4=O)C2)nc1. The molecule has 0 saturated carbocycles. The molecule has 2 aliphatic heterocycles. The minimum absolute atomic E-state index is 0.00573. The van der Waals surface area contributed by atoms with Crippen molar-refractivity contribution in [3.8, 4) is 5.75 Å². The lowest BCUT2D eigenvalue weighted by Gasteiger charge is -2.40. The minimum atomic E-state index is -0.119. The lowest BCUT2D eigenvalue weighted by Crippen LogP contribution is -2.46. The molecule has 1 N–H and O–H groups in total. The van der Waals surface area contributed by atoms with E-state index in [1.807, 2.05) is 0 Å². The third kappa shape index (κ3) is 3.23. The Morgan fingerprint density at radius 3 is 2.69 bits per heavy atom. The van der Waals surface area contributed by atoms with Crippen molar-refractivity contribution < 1.29 is 9.47 Å². The second-order valence-electron chi connectivity index (χ2n) is 8.04. The summed E-state index contributed by atoms with van der Waals surface area (Å²) in [5, 5.41) is 0. The Kier molecular flexibility index (Phi) is 4.61. The molecule has 1 unspecified atom stereocenters. The smallest absolute Gasteiger partial charge is 0.255 e. The molecule has 3 aliphatic rings. The molecule has 4 heterocycles. The van der Waals surface area contributed by atoms with Crippen molar-refractivity contribution in [2.45, 2.75) is 31.1 Å². The van der Waals surface area contributed by atoms with E-state index in [9.17, 15) is 4.79 Å². The van der Waals surface area contributed by atoms with Crippen LogP contribution in [0.1, 0.15) is 30.5 Å². The van der Waals surface area contributed by atoms with Crippen molar-refractivity contribution in [2.24, 2.45) is 0 Å². The highest BCUT2D eigenvalue weighted by Gasteiger charge is 2.45. The number of ether oxygens (including phenoxy) is 2. The van der Waals surface area contributed by atoms with Gasteiger partial charge in [-0.1, -0.05) is 0 Å². The van der Waals surface area contributed by atoms with E-state index < -0.39 is 0 Å². The molecule has 1 atom stereocenters. The number of anilines is 2. The Morgan fingerprint density at radius 2 is 1.93 bits per heavy atom. The largest absolute Gasteiger partial charge is 0.494 e. The summed E-state index contributed by atoms with van der Waals surface area (Å²) >= 11 is 0. The molecule has 2 saturated heterocycles. The van der Waals surface area contributed by atoms with Crippen LogP contribution < -0.4 is 20.1 Å². The van der Waals surface area contributed by atoms with Crippen molar-refractivity contribution in [3.05, 3.63) is 34.0 Å². The molecule has 2 fully saturated rings. The molecule has 154 valence electrons. The van der Waals surface area contributed by atoms with Crippen LogP contribution in [0.3, 0.4) is 0 Å². The maximum atomic E-state index is 12.8. The van der Waals surface area contributed by atoms with Crippen LogP contribution in [0.5, 0.6) is 5.75 Å². The van der Waals surface area contributed by atoms with Crippen LogP contribution >= 0.6 is 0 Å². The summed E-state index contributed by atoms with van der Waals surface area (Å²) in [5.41, 5.74) is 1.71. The van der Waals surface area contributed by atoms with Crippen molar-refractivity contribution in [1.29, 1.82) is 0 Å². The summed E-state index contributed by atoms with van der Waals surface area (Å²) in [7, 11) is 1.61. The number of aromatic nitrogens is 4. The van der Waals surface area contributed by atoms with Gasteiger partial charge in [-0.2, -0.15) is 0 Å². The molecule has 0 radical (unpaired) electrons. The van der Waals surface area contributed by atoms with Gasteiger partial charge < -0.3 is 19.3 Å². The Balaban J connectivity index is 1.47. The lowest BCUT2D eigenvalue weighted by atomic mass is 9.77. The van der Waals surface area contributed by atoms with E-state index in [1.165, 1.54) is 0 Å². The van der Waals surface area contributed by atoms with Crippen molar-refractivity contribution in [3.63, 3.8) is 0 Å². The van der Waals surface area contributed by atoms with E-state index in [-0.39, 0.29) is 11.0 Å². The molecule has 2 aromatic heterocycles. The summed E-state index contributed by atoms with van der Waals surface area (Å²) < 4.78 is 10.6. The van der Waals surface area contributed by atoms with E-state index in [2.05, 4.69) is 24.8 Å². The zero-order valence-electron chi connectivity index (χ0n) is 16.7. The molecule has 5 rings (SSSR count). The third-order valence-electron chi connectivity index (χ3n) is 6.38. The number of hydrogen-bond acceptors (Lipinski definition) is 8. The van der Waals surface area contributed by atoms with Gasteiger partial charge in [0.2, 0.25) is 11.9 Å². The topological polar surface area (TPSA) is 96.5 Å². The average Bonchev–Trinajstić information content (AvgIpc) is 3.12. The first-order valence-electron chi connectivity index (χ1n) is 10.3. The highest BCUT2D eigenvalue weighted by molar-refractivity contribution is 5.44. The fourth-order valence-corrected chi connectivity index (χ4v) is 4.84. The zero-order chi connectivity index (χ0) is 19.8. The maximum Gasteiger partial charge on any atom is 0.255 e. The zero-order valence-corrected chi connectivity index (χ0v) is 16.7. The molecular weight excluding hydrogens is 372 g/mol. The predicted octanol–water partition coefficient (Wildman–Crippen LogP) is 0.890. The molecule has 0 aromatic carbocycles. The highest BCUT2D eigenvalue weighted by Crippen LogP contribution is 2.43. The van der Waals surface area contributed by atoms with Crippen LogP contribution in [0.15, 0.2) is 17.2 Å². The first-order valence-corrected chi connectivity index (χ1v) is 10.3. The quantitative estimate of drug-likeness (QED) is 0.814. The van der Waals surface area contributed by atoms with Crippen molar-refractivity contribution >= 4 is 11.9 Å². The third-order valence-corrected chi connectivity index (χ3v) is 6.38. The fraction of sp³-hybridized carbons (Fsp3) is 0.600. The summed E-state index contributed by atoms with van der Waals surface area (Å²) in [6.07, 6.45) is 7.18. The minimum Gasteiger partial charge on any atom is -0.494 e. The Hall–Kier alpha value is -2.68. The van der Waals surface area contributed by atoms with Gasteiger partial charge in [0.25, 0.3) is 5.56 Å². The van der Waals surface area contributed by atoms with E-state index in [4.69, 9.17) is 14.5 Å². The van der Waals surface area contributed by atoms with Crippen LogP contribution in [0, 0.1) is 0 Å². The van der Waals surface area contributed by atoms with E-state index in [1.54, 1.807) is 19.5 Å². The average molecular weight is 398 g/mol. The van der Waals surface area contributed by atoms with Crippen LogP contribution in [-0.2, 0) is 16.6 Å². The van der Waals surface area contributed by atoms with Gasteiger partial charge in [-0.25, -0.2) is 15.0 Å². The number of methoxy groups -OCH3 is 1. The van der Waals surface area contributed by atoms with Crippen molar-refractivity contribution in [1.82, 2.24) is 19.9 Å². The predicted molar refractivity (Wildman–Crippen MR) is 108 cm³/mol.